The number of amides is 1. The molecule has 0 bridgehead atoms. The first-order valence-corrected chi connectivity index (χ1v) is 30.5. The Kier molecular flexibility index (Phi) is 29.6. The van der Waals surface area contributed by atoms with Gasteiger partial charge in [-0.25, -0.2) is 15.0 Å². The molecule has 1 amide bonds. The average Bonchev–Trinajstić information content (AvgIpc) is 3.88. The van der Waals surface area contributed by atoms with E-state index in [0.29, 0.717) is 163 Å². The molecule has 24 heteroatoms. The van der Waals surface area contributed by atoms with Gasteiger partial charge in [0, 0.05) is 13.1 Å². The van der Waals surface area contributed by atoms with Gasteiger partial charge in [-0.15, -0.1) is 0 Å². The van der Waals surface area contributed by atoms with Crippen molar-refractivity contribution in [2.45, 2.75) is 102 Å². The number of rotatable bonds is 41. The third-order valence-electron chi connectivity index (χ3n) is 12.2. The Morgan fingerprint density at radius 2 is 1.06 bits per heavy atom. The fourth-order valence-electron chi connectivity index (χ4n) is 6.12. The Morgan fingerprint density at radius 3 is 1.49 bits per heavy atom. The van der Waals surface area contributed by atoms with Crippen molar-refractivity contribution in [3.8, 4) is 0 Å². The molecule has 5 N–H and O–H groups in total. The minimum Gasteiger partial charge on any atom is -0.414 e. The van der Waals surface area contributed by atoms with E-state index in [1.807, 2.05) is 0 Å². The van der Waals surface area contributed by atoms with Crippen LogP contribution in [0.1, 0.15) is 47.8 Å². The van der Waals surface area contributed by atoms with Crippen LogP contribution in [0.5, 0.6) is 0 Å². The number of anilines is 1. The maximum absolute atomic E-state index is 13.2. The molecule has 0 radical (unpaired) electrons. The van der Waals surface area contributed by atoms with E-state index < -0.39 is 41.2 Å². The van der Waals surface area contributed by atoms with Crippen LogP contribution in [-0.2, 0) is 70.5 Å². The number of aromatic nitrogens is 4. The average molecular weight is 1040 g/mol. The minimum absolute atomic E-state index is 0.0170. The van der Waals surface area contributed by atoms with Gasteiger partial charge in [0.2, 0.25) is 5.91 Å². The summed E-state index contributed by atoms with van der Waals surface area (Å²) in [6.45, 7) is 32.2. The number of hydrogen-bond donors (Lipinski definition) is 3. The van der Waals surface area contributed by atoms with Crippen molar-refractivity contribution in [1.82, 2.24) is 24.8 Å². The van der Waals surface area contributed by atoms with Crippen LogP contribution in [0, 0.1) is 0 Å². The van der Waals surface area contributed by atoms with Crippen molar-refractivity contribution < 1.29 is 70.5 Å². The molecule has 0 spiro atoms. The number of carbonyl (C=O) groups excluding carboxylic acids is 1. The standard InChI is InChI=1S/C46H89N7O15Si2/c1-45(2,3)69(7,8)66-33-37-40(68-70(9,10)46(4,5)6)41(44(67-37)53-36-52-39-42(48)50-35-51-43(39)53)65-34-38(54)49-12-14-56-16-18-58-20-22-60-24-26-62-28-30-64-32-31-63-29-27-61-25-23-59-21-19-57-17-15-55-13-11-47/h35-37,40-41,44H,11-34,47H2,1-10H3,(H,49,54)(H2,48,50,51)/t37-,40-,41-,44?/m1/s1. The summed E-state index contributed by atoms with van der Waals surface area (Å²) in [6.07, 6.45) is 0.481. The molecule has 0 aliphatic carbocycles. The zero-order valence-electron chi connectivity index (χ0n) is 44.0. The van der Waals surface area contributed by atoms with Gasteiger partial charge in [0.05, 0.1) is 145 Å². The Morgan fingerprint density at radius 1 is 0.629 bits per heavy atom. The Bertz CT molecular complexity index is 1690. The summed E-state index contributed by atoms with van der Waals surface area (Å²) in [5.74, 6) is -0.0520. The highest BCUT2D eigenvalue weighted by atomic mass is 28.4. The SMILES string of the molecule is CC(C)(C)[Si](C)(C)OC[C@H]1OC(n2cnc3c(N)ncnc32)[C@H](OCC(=O)NCCOCCOCCOCCOCCOCCOCCOCCOCCOCCOCCN)[C@@H]1O[Si](C)(C)C(C)(C)C. The predicted molar refractivity (Wildman–Crippen MR) is 269 cm³/mol. The van der Waals surface area contributed by atoms with E-state index in [9.17, 15) is 4.79 Å². The second kappa shape index (κ2) is 33.5. The molecular weight excluding hydrogens is 947 g/mol. The number of nitrogen functional groups attached to an aromatic ring is 1. The monoisotopic (exact) mass is 1040 g/mol. The van der Waals surface area contributed by atoms with E-state index in [-0.39, 0.29) is 28.4 Å². The number of nitrogens with two attached hydrogens (primary N) is 2. The van der Waals surface area contributed by atoms with E-state index in [2.05, 4.69) is 88.0 Å². The summed E-state index contributed by atoms with van der Waals surface area (Å²) in [7, 11) is -4.57. The Labute approximate surface area is 418 Å². The van der Waals surface area contributed by atoms with Crippen LogP contribution in [0.25, 0.3) is 11.2 Å². The van der Waals surface area contributed by atoms with E-state index in [4.69, 9.17) is 77.2 Å². The lowest BCUT2D eigenvalue weighted by atomic mass is 10.1. The molecule has 406 valence electrons. The number of nitrogens with one attached hydrogen (secondary N) is 1. The van der Waals surface area contributed by atoms with Crippen LogP contribution in [0.2, 0.25) is 36.3 Å². The molecule has 4 atom stereocenters. The first kappa shape index (κ1) is 62.0. The zero-order valence-corrected chi connectivity index (χ0v) is 46.0. The molecule has 3 rings (SSSR count). The molecule has 2 aromatic heterocycles. The molecule has 1 unspecified atom stereocenters. The lowest BCUT2D eigenvalue weighted by Crippen LogP contribution is -2.52. The molecule has 2 aromatic rings. The largest absolute Gasteiger partial charge is 0.414 e. The highest BCUT2D eigenvalue weighted by Gasteiger charge is 2.53. The maximum Gasteiger partial charge on any atom is 0.246 e. The first-order valence-electron chi connectivity index (χ1n) is 24.7. The molecule has 1 fully saturated rings. The van der Waals surface area contributed by atoms with Gasteiger partial charge in [0.15, 0.2) is 34.3 Å². The first-order chi connectivity index (χ1) is 33.4. The van der Waals surface area contributed by atoms with E-state index in [1.54, 1.807) is 10.9 Å². The number of fused-ring (bicyclic) bond motifs is 1. The van der Waals surface area contributed by atoms with Gasteiger partial charge in [-0.2, -0.15) is 0 Å². The molecule has 1 saturated heterocycles. The molecule has 1 aliphatic heterocycles. The lowest BCUT2D eigenvalue weighted by molar-refractivity contribution is -0.132. The van der Waals surface area contributed by atoms with Gasteiger partial charge in [0.25, 0.3) is 0 Å². The van der Waals surface area contributed by atoms with Crippen molar-refractivity contribution in [3.63, 3.8) is 0 Å². The summed E-state index contributed by atoms with van der Waals surface area (Å²) in [5, 5.41) is 2.76. The lowest BCUT2D eigenvalue weighted by Gasteiger charge is -2.41. The fraction of sp³-hybridized carbons (Fsp3) is 0.870. The van der Waals surface area contributed by atoms with Gasteiger partial charge >= 0.3 is 0 Å². The fourth-order valence-corrected chi connectivity index (χ4v) is 8.45. The van der Waals surface area contributed by atoms with Crippen LogP contribution in [-0.4, -0.2) is 219 Å². The maximum atomic E-state index is 13.2. The van der Waals surface area contributed by atoms with Crippen LogP contribution in [0.4, 0.5) is 5.82 Å². The van der Waals surface area contributed by atoms with Gasteiger partial charge in [-0.1, -0.05) is 41.5 Å². The van der Waals surface area contributed by atoms with Crippen LogP contribution in [0.15, 0.2) is 12.7 Å². The molecule has 22 nitrogen and oxygen atoms in total. The molecule has 1 aliphatic rings. The molecule has 3 heterocycles. The molecule has 70 heavy (non-hydrogen) atoms. The third kappa shape index (κ3) is 23.2. The van der Waals surface area contributed by atoms with Gasteiger partial charge in [-0.05, 0) is 36.3 Å². The van der Waals surface area contributed by atoms with Crippen molar-refractivity contribution >= 4 is 39.5 Å². The smallest absolute Gasteiger partial charge is 0.246 e. The summed E-state index contributed by atoms with van der Waals surface area (Å²) in [4.78, 5) is 26.3. The van der Waals surface area contributed by atoms with Gasteiger partial charge < -0.3 is 82.5 Å². The number of carbonyl (C=O) groups is 1. The van der Waals surface area contributed by atoms with Crippen LogP contribution in [0.3, 0.4) is 0 Å². The quantitative estimate of drug-likeness (QED) is 0.0638. The Balaban J connectivity index is 1.25. The normalized spacial score (nSPS) is 18.1. The van der Waals surface area contributed by atoms with Crippen LogP contribution >= 0.6 is 0 Å². The predicted octanol–water partition coefficient (Wildman–Crippen LogP) is 3.34. The van der Waals surface area contributed by atoms with E-state index in [0.717, 1.165) is 0 Å². The van der Waals surface area contributed by atoms with Gasteiger partial charge in [0.1, 0.15) is 36.8 Å². The molecule has 0 aromatic carbocycles. The molecular formula is C46H89N7O15Si2. The highest BCUT2D eigenvalue weighted by Crippen LogP contribution is 2.44. The Hall–Kier alpha value is -2.35. The summed E-state index contributed by atoms with van der Waals surface area (Å²) in [6, 6.07) is 0. The number of imidazole rings is 1. The highest BCUT2D eigenvalue weighted by molar-refractivity contribution is 6.74. The summed E-state index contributed by atoms with van der Waals surface area (Å²) < 4.78 is 83.9. The minimum atomic E-state index is -2.40. The van der Waals surface area contributed by atoms with Crippen molar-refractivity contribution in [2.75, 3.05) is 164 Å². The topological polar surface area (TPSA) is 254 Å². The molecule has 0 saturated carbocycles. The van der Waals surface area contributed by atoms with Crippen molar-refractivity contribution in [3.05, 3.63) is 12.7 Å². The number of ether oxygens (including phenoxy) is 12. The third-order valence-corrected chi connectivity index (χ3v) is 21.2. The van der Waals surface area contributed by atoms with Gasteiger partial charge in [-0.3, -0.25) is 9.36 Å². The van der Waals surface area contributed by atoms with E-state index >= 15 is 0 Å². The summed E-state index contributed by atoms with van der Waals surface area (Å²) in [5.41, 5.74) is 12.4. The summed E-state index contributed by atoms with van der Waals surface area (Å²) >= 11 is 0. The second-order valence-electron chi connectivity index (χ2n) is 19.6. The van der Waals surface area contributed by atoms with Crippen LogP contribution < -0.4 is 16.8 Å². The van der Waals surface area contributed by atoms with Crippen molar-refractivity contribution in [2.24, 2.45) is 5.73 Å². The van der Waals surface area contributed by atoms with E-state index in [1.165, 1.54) is 6.33 Å². The zero-order chi connectivity index (χ0) is 51.3. The van der Waals surface area contributed by atoms with Crippen molar-refractivity contribution in [1.29, 1.82) is 0 Å². The number of hydrogen-bond acceptors (Lipinski definition) is 20. The number of nitrogens with zero attached hydrogens (tertiary/aromatic N) is 4. The second-order valence-corrected chi connectivity index (χ2v) is 29.2.